The normalized spacial score (nSPS) is 12.3. The molecule has 1 aromatic rings. The Morgan fingerprint density at radius 3 is 2.62 bits per heavy atom. The van der Waals surface area contributed by atoms with E-state index < -0.39 is 6.10 Å². The number of nitrogens with zero attached hydrogens (tertiary/aromatic N) is 1. The van der Waals surface area contributed by atoms with Crippen molar-refractivity contribution in [2.75, 3.05) is 18.5 Å². The maximum Gasteiger partial charge on any atom is 0.0762 e. The Morgan fingerprint density at radius 1 is 1.56 bits per heavy atom. The molecule has 3 heteroatoms. The SMILES string of the molecule is C=C(C)CN(C)c1ccc([C@H](C)O)cc1Br. The van der Waals surface area contributed by atoms with E-state index in [-0.39, 0.29) is 0 Å². The van der Waals surface area contributed by atoms with Crippen molar-refractivity contribution in [2.45, 2.75) is 20.0 Å². The maximum atomic E-state index is 9.47. The van der Waals surface area contributed by atoms with Crippen LogP contribution in [0, 0.1) is 0 Å². The highest BCUT2D eigenvalue weighted by molar-refractivity contribution is 9.10. The lowest BCUT2D eigenvalue weighted by Crippen LogP contribution is -2.19. The summed E-state index contributed by atoms with van der Waals surface area (Å²) in [4.78, 5) is 2.12. The molecule has 0 heterocycles. The Bertz CT molecular complexity index is 388. The van der Waals surface area contributed by atoms with Gasteiger partial charge in [-0.05, 0) is 47.5 Å². The topological polar surface area (TPSA) is 23.5 Å². The summed E-state index contributed by atoms with van der Waals surface area (Å²) in [6, 6.07) is 5.91. The Morgan fingerprint density at radius 2 is 2.19 bits per heavy atom. The number of likely N-dealkylation sites (N-methyl/N-ethyl adjacent to an activating group) is 1. The van der Waals surface area contributed by atoms with Gasteiger partial charge in [0.25, 0.3) is 0 Å². The molecule has 1 aromatic carbocycles. The average Bonchev–Trinajstić information content (AvgIpc) is 2.15. The van der Waals surface area contributed by atoms with Crippen molar-refractivity contribution < 1.29 is 5.11 Å². The number of hydrogen-bond donors (Lipinski definition) is 1. The predicted molar refractivity (Wildman–Crippen MR) is 72.9 cm³/mol. The van der Waals surface area contributed by atoms with Gasteiger partial charge in [-0.25, -0.2) is 0 Å². The fraction of sp³-hybridized carbons (Fsp3) is 0.385. The molecular weight excluding hydrogens is 266 g/mol. The molecule has 0 saturated heterocycles. The van der Waals surface area contributed by atoms with E-state index in [2.05, 4.69) is 27.4 Å². The van der Waals surface area contributed by atoms with Crippen LogP contribution in [0.1, 0.15) is 25.5 Å². The number of rotatable bonds is 4. The van der Waals surface area contributed by atoms with Gasteiger partial charge in [0.2, 0.25) is 0 Å². The molecule has 0 saturated carbocycles. The highest BCUT2D eigenvalue weighted by atomic mass is 79.9. The molecule has 0 aliphatic rings. The molecule has 2 nitrogen and oxygen atoms in total. The Hall–Kier alpha value is -0.800. The minimum atomic E-state index is -0.434. The van der Waals surface area contributed by atoms with Crippen molar-refractivity contribution in [3.8, 4) is 0 Å². The Balaban J connectivity index is 2.94. The second-order valence-electron chi connectivity index (χ2n) is 4.20. The molecule has 0 aliphatic heterocycles. The minimum absolute atomic E-state index is 0.434. The van der Waals surface area contributed by atoms with Crippen molar-refractivity contribution in [3.05, 3.63) is 40.4 Å². The number of benzene rings is 1. The fourth-order valence-corrected chi connectivity index (χ4v) is 2.28. The van der Waals surface area contributed by atoms with Crippen LogP contribution < -0.4 is 4.90 Å². The van der Waals surface area contributed by atoms with Crippen LogP contribution in [0.15, 0.2) is 34.8 Å². The van der Waals surface area contributed by atoms with Crippen LogP contribution in [0.4, 0.5) is 5.69 Å². The molecule has 1 rings (SSSR count). The number of halogens is 1. The highest BCUT2D eigenvalue weighted by Gasteiger charge is 2.08. The molecule has 0 bridgehead atoms. The van der Waals surface area contributed by atoms with Gasteiger partial charge >= 0.3 is 0 Å². The van der Waals surface area contributed by atoms with Gasteiger partial charge in [-0.2, -0.15) is 0 Å². The van der Waals surface area contributed by atoms with E-state index in [9.17, 15) is 5.11 Å². The van der Waals surface area contributed by atoms with Crippen LogP contribution in [-0.4, -0.2) is 18.7 Å². The molecule has 88 valence electrons. The van der Waals surface area contributed by atoms with Crippen molar-refractivity contribution >= 4 is 21.6 Å². The number of anilines is 1. The van der Waals surface area contributed by atoms with Crippen LogP contribution in [-0.2, 0) is 0 Å². The quantitative estimate of drug-likeness (QED) is 0.855. The van der Waals surface area contributed by atoms with E-state index in [0.29, 0.717) is 0 Å². The third-order valence-corrected chi connectivity index (χ3v) is 3.01. The lowest BCUT2D eigenvalue weighted by molar-refractivity contribution is 0.199. The summed E-state index contributed by atoms with van der Waals surface area (Å²) < 4.78 is 0.995. The first-order valence-electron chi connectivity index (χ1n) is 5.25. The standard InChI is InChI=1S/C13H18BrNO/c1-9(2)8-15(4)13-6-5-11(10(3)16)7-12(13)14/h5-7,10,16H,1,8H2,2-4H3/t10-/m0/s1. The van der Waals surface area contributed by atoms with Crippen molar-refractivity contribution in [2.24, 2.45) is 0 Å². The summed E-state index contributed by atoms with van der Waals surface area (Å²) in [5, 5.41) is 9.47. The van der Waals surface area contributed by atoms with Gasteiger partial charge in [0.1, 0.15) is 0 Å². The van der Waals surface area contributed by atoms with E-state index in [4.69, 9.17) is 0 Å². The van der Waals surface area contributed by atoms with E-state index in [1.165, 1.54) is 0 Å². The molecule has 0 fully saturated rings. The number of aliphatic hydroxyl groups is 1. The van der Waals surface area contributed by atoms with E-state index in [0.717, 1.165) is 27.8 Å². The van der Waals surface area contributed by atoms with Crippen LogP contribution in [0.25, 0.3) is 0 Å². The third kappa shape index (κ3) is 3.35. The molecule has 0 aliphatic carbocycles. The summed E-state index contributed by atoms with van der Waals surface area (Å²) >= 11 is 3.52. The maximum absolute atomic E-state index is 9.47. The van der Waals surface area contributed by atoms with Crippen LogP contribution in [0.5, 0.6) is 0 Å². The van der Waals surface area contributed by atoms with Gasteiger partial charge in [-0.15, -0.1) is 0 Å². The van der Waals surface area contributed by atoms with Gasteiger partial charge in [0.15, 0.2) is 0 Å². The summed E-state index contributed by atoms with van der Waals surface area (Å²) in [6.45, 7) is 8.50. The van der Waals surface area contributed by atoms with E-state index >= 15 is 0 Å². The summed E-state index contributed by atoms with van der Waals surface area (Å²) in [7, 11) is 2.02. The van der Waals surface area contributed by atoms with Crippen LogP contribution in [0.3, 0.4) is 0 Å². The molecule has 16 heavy (non-hydrogen) atoms. The molecule has 1 atom stereocenters. The van der Waals surface area contributed by atoms with Crippen molar-refractivity contribution in [3.63, 3.8) is 0 Å². The molecule has 0 amide bonds. The lowest BCUT2D eigenvalue weighted by atomic mass is 10.1. The smallest absolute Gasteiger partial charge is 0.0762 e. The van der Waals surface area contributed by atoms with Gasteiger partial charge in [0.05, 0.1) is 11.8 Å². The van der Waals surface area contributed by atoms with Crippen molar-refractivity contribution in [1.82, 2.24) is 0 Å². The van der Waals surface area contributed by atoms with Crippen LogP contribution >= 0.6 is 15.9 Å². The lowest BCUT2D eigenvalue weighted by Gasteiger charge is -2.21. The predicted octanol–water partition coefficient (Wildman–Crippen LogP) is 3.51. The zero-order chi connectivity index (χ0) is 12.3. The molecular formula is C13H18BrNO. The largest absolute Gasteiger partial charge is 0.389 e. The number of aliphatic hydroxyl groups excluding tert-OH is 1. The first kappa shape index (κ1) is 13.3. The van der Waals surface area contributed by atoms with Gasteiger partial charge in [0, 0.05) is 18.1 Å². The van der Waals surface area contributed by atoms with Gasteiger partial charge in [-0.1, -0.05) is 18.2 Å². The minimum Gasteiger partial charge on any atom is -0.389 e. The Labute approximate surface area is 106 Å². The fourth-order valence-electron chi connectivity index (χ4n) is 1.58. The summed E-state index contributed by atoms with van der Waals surface area (Å²) in [5.74, 6) is 0. The molecule has 0 radical (unpaired) electrons. The zero-order valence-electron chi connectivity index (χ0n) is 10.00. The second-order valence-corrected chi connectivity index (χ2v) is 5.05. The monoisotopic (exact) mass is 283 g/mol. The van der Waals surface area contributed by atoms with E-state index in [1.807, 2.05) is 32.2 Å². The van der Waals surface area contributed by atoms with Crippen molar-refractivity contribution in [1.29, 1.82) is 0 Å². The Kier molecular flexibility index (Phi) is 4.56. The average molecular weight is 284 g/mol. The highest BCUT2D eigenvalue weighted by Crippen LogP contribution is 2.28. The molecule has 0 unspecified atom stereocenters. The van der Waals surface area contributed by atoms with Gasteiger partial charge < -0.3 is 10.0 Å². The number of hydrogen-bond acceptors (Lipinski definition) is 2. The molecule has 1 N–H and O–H groups in total. The zero-order valence-corrected chi connectivity index (χ0v) is 11.6. The van der Waals surface area contributed by atoms with Crippen LogP contribution in [0.2, 0.25) is 0 Å². The molecule has 0 spiro atoms. The van der Waals surface area contributed by atoms with Gasteiger partial charge in [-0.3, -0.25) is 0 Å². The molecule has 0 aromatic heterocycles. The summed E-state index contributed by atoms with van der Waals surface area (Å²) in [5.41, 5.74) is 3.14. The first-order valence-corrected chi connectivity index (χ1v) is 6.04. The third-order valence-electron chi connectivity index (χ3n) is 2.37. The van der Waals surface area contributed by atoms with E-state index in [1.54, 1.807) is 6.92 Å². The second kappa shape index (κ2) is 5.51. The first-order chi connectivity index (χ1) is 7.41. The summed E-state index contributed by atoms with van der Waals surface area (Å²) in [6.07, 6.45) is -0.434.